The molecule has 0 fully saturated rings. The van der Waals surface area contributed by atoms with E-state index in [1.54, 1.807) is 6.20 Å². The van der Waals surface area contributed by atoms with E-state index in [2.05, 4.69) is 35.9 Å². The van der Waals surface area contributed by atoms with E-state index in [0.29, 0.717) is 24.1 Å². The van der Waals surface area contributed by atoms with Crippen molar-refractivity contribution in [3.8, 4) is 0 Å². The maximum Gasteiger partial charge on any atom is 0.326 e. The van der Waals surface area contributed by atoms with Gasteiger partial charge in [0.1, 0.15) is 18.1 Å². The highest BCUT2D eigenvalue weighted by atomic mass is 16.4. The van der Waals surface area contributed by atoms with Crippen LogP contribution in [0, 0.1) is 5.92 Å². The number of aromatic amines is 2. The molecule has 15 nitrogen and oxygen atoms in total. The van der Waals surface area contributed by atoms with Crippen molar-refractivity contribution in [1.29, 1.82) is 0 Å². The molecule has 0 aliphatic carbocycles. The summed E-state index contributed by atoms with van der Waals surface area (Å²) in [5.41, 5.74) is 19.0. The van der Waals surface area contributed by atoms with Crippen LogP contribution in [0.25, 0.3) is 10.9 Å². The molecule has 0 bridgehead atoms. The number of aliphatic imine (C=N–C) groups is 1. The molecular formula is C29H42N10O5. The quantitative estimate of drug-likeness (QED) is 0.0548. The van der Waals surface area contributed by atoms with Gasteiger partial charge in [0.2, 0.25) is 17.7 Å². The number of imidazole rings is 1. The first-order valence-electron chi connectivity index (χ1n) is 14.4. The normalized spacial score (nSPS) is 13.9. The molecule has 3 aromatic rings. The highest BCUT2D eigenvalue weighted by Gasteiger charge is 2.31. The van der Waals surface area contributed by atoms with Crippen LogP contribution in [0.1, 0.15) is 44.4 Å². The van der Waals surface area contributed by atoms with Crippen molar-refractivity contribution < 1.29 is 24.3 Å². The van der Waals surface area contributed by atoms with Crippen LogP contribution in [-0.2, 0) is 32.0 Å². The Morgan fingerprint density at radius 1 is 0.955 bits per heavy atom. The predicted molar refractivity (Wildman–Crippen MR) is 165 cm³/mol. The van der Waals surface area contributed by atoms with Gasteiger partial charge < -0.3 is 48.2 Å². The number of amides is 3. The number of guanidine groups is 1. The summed E-state index contributed by atoms with van der Waals surface area (Å²) >= 11 is 0. The lowest BCUT2D eigenvalue weighted by molar-refractivity contribution is -0.142. The van der Waals surface area contributed by atoms with Gasteiger partial charge in [0.25, 0.3) is 0 Å². The van der Waals surface area contributed by atoms with Crippen LogP contribution in [-0.4, -0.2) is 80.4 Å². The van der Waals surface area contributed by atoms with Crippen molar-refractivity contribution >= 4 is 40.6 Å². The highest BCUT2D eigenvalue weighted by Crippen LogP contribution is 2.19. The van der Waals surface area contributed by atoms with E-state index in [9.17, 15) is 24.3 Å². The largest absolute Gasteiger partial charge is 0.480 e. The number of nitrogens with two attached hydrogens (primary N) is 3. The average molecular weight is 611 g/mol. The number of aliphatic carboxylic acids is 1. The van der Waals surface area contributed by atoms with Crippen LogP contribution in [0.4, 0.5) is 0 Å². The van der Waals surface area contributed by atoms with E-state index in [0.717, 1.165) is 10.9 Å². The van der Waals surface area contributed by atoms with Gasteiger partial charge >= 0.3 is 5.97 Å². The van der Waals surface area contributed by atoms with Gasteiger partial charge in [-0.15, -0.1) is 0 Å². The molecule has 15 heteroatoms. The molecule has 0 radical (unpaired) electrons. The second-order valence-corrected chi connectivity index (χ2v) is 11.1. The van der Waals surface area contributed by atoms with Crippen LogP contribution in [0.5, 0.6) is 0 Å². The molecule has 0 saturated heterocycles. The van der Waals surface area contributed by atoms with Gasteiger partial charge in [-0.05, 0) is 36.8 Å². The van der Waals surface area contributed by atoms with Crippen molar-refractivity contribution in [2.75, 3.05) is 6.54 Å². The molecule has 0 saturated carbocycles. The molecular weight excluding hydrogens is 568 g/mol. The maximum absolute atomic E-state index is 13.6. The monoisotopic (exact) mass is 610 g/mol. The summed E-state index contributed by atoms with van der Waals surface area (Å²) in [5.74, 6) is -3.09. The molecule has 3 amide bonds. The molecule has 3 rings (SSSR count). The zero-order valence-electron chi connectivity index (χ0n) is 24.9. The summed E-state index contributed by atoms with van der Waals surface area (Å²) < 4.78 is 0. The molecule has 44 heavy (non-hydrogen) atoms. The first-order chi connectivity index (χ1) is 20.9. The van der Waals surface area contributed by atoms with E-state index in [1.165, 1.54) is 12.5 Å². The van der Waals surface area contributed by atoms with Crippen LogP contribution in [0.15, 0.2) is 48.0 Å². The van der Waals surface area contributed by atoms with Crippen molar-refractivity contribution in [2.45, 2.75) is 70.1 Å². The molecule has 0 spiro atoms. The molecule has 238 valence electrons. The fraction of sp³-hybridized carbons (Fsp3) is 0.448. The summed E-state index contributed by atoms with van der Waals surface area (Å²) in [7, 11) is 0. The number of hydrogen-bond donors (Lipinski definition) is 9. The number of carbonyl (C=O) groups is 4. The van der Waals surface area contributed by atoms with Crippen LogP contribution >= 0.6 is 0 Å². The number of carboxylic acid groups (broad SMARTS) is 1. The van der Waals surface area contributed by atoms with E-state index < -0.39 is 47.9 Å². The van der Waals surface area contributed by atoms with E-state index in [-0.39, 0.29) is 37.7 Å². The van der Waals surface area contributed by atoms with Crippen LogP contribution < -0.4 is 33.2 Å². The number of carboxylic acids is 1. The average Bonchev–Trinajstić information content (AvgIpc) is 3.63. The van der Waals surface area contributed by atoms with E-state index in [1.807, 2.05) is 38.1 Å². The third kappa shape index (κ3) is 10.1. The zero-order valence-corrected chi connectivity index (χ0v) is 24.9. The van der Waals surface area contributed by atoms with Gasteiger partial charge in [0, 0.05) is 48.4 Å². The lowest BCUT2D eigenvalue weighted by Gasteiger charge is -2.25. The highest BCUT2D eigenvalue weighted by molar-refractivity contribution is 5.94. The Morgan fingerprint density at radius 3 is 2.30 bits per heavy atom. The van der Waals surface area contributed by atoms with Crippen LogP contribution in [0.3, 0.4) is 0 Å². The number of para-hydroxylation sites is 1. The first kappa shape index (κ1) is 33.6. The van der Waals surface area contributed by atoms with Gasteiger partial charge in [-0.2, -0.15) is 0 Å². The molecule has 4 atom stereocenters. The number of fused-ring (bicyclic) bond motifs is 1. The van der Waals surface area contributed by atoms with Crippen molar-refractivity contribution in [2.24, 2.45) is 28.1 Å². The summed E-state index contributed by atoms with van der Waals surface area (Å²) in [5, 5.41) is 18.7. The topological polar surface area (TPSA) is 259 Å². The standard InChI is InChI=1S/C29H42N10O5/c1-16(2)10-20(30)25(40)38-23(12-18-14-33-15-36-18)27(42)37-22(8-5-9-34-29(31)32)26(41)39-24(28(43)44)11-17-13-35-21-7-4-3-6-19(17)21/h3-4,6-7,13-16,20,22-24,35H,5,8-12,30H2,1-2H3,(H,33,36)(H,37,42)(H,38,40)(H,39,41)(H,43,44)(H4,31,32,34). The van der Waals surface area contributed by atoms with Crippen LogP contribution in [0.2, 0.25) is 0 Å². The molecule has 4 unspecified atom stereocenters. The number of rotatable bonds is 17. The number of benzene rings is 1. The number of hydrogen-bond acceptors (Lipinski definition) is 7. The fourth-order valence-electron chi connectivity index (χ4n) is 4.76. The van der Waals surface area contributed by atoms with Gasteiger partial charge in [0.15, 0.2) is 5.96 Å². The smallest absolute Gasteiger partial charge is 0.326 e. The van der Waals surface area contributed by atoms with Gasteiger partial charge in [0.05, 0.1) is 12.4 Å². The molecule has 1 aromatic carbocycles. The summed E-state index contributed by atoms with van der Waals surface area (Å²) in [6.45, 7) is 4.03. The Bertz CT molecular complexity index is 1430. The number of nitrogens with zero attached hydrogens (tertiary/aromatic N) is 2. The minimum atomic E-state index is -1.28. The summed E-state index contributed by atoms with van der Waals surface area (Å²) in [6.07, 6.45) is 5.51. The Labute approximate surface area is 254 Å². The first-order valence-corrected chi connectivity index (χ1v) is 14.4. The fourth-order valence-corrected chi connectivity index (χ4v) is 4.76. The molecule has 2 heterocycles. The van der Waals surface area contributed by atoms with Gasteiger partial charge in [-0.1, -0.05) is 32.0 Å². The molecule has 0 aliphatic heterocycles. The van der Waals surface area contributed by atoms with Crippen molar-refractivity contribution in [3.63, 3.8) is 0 Å². The third-order valence-electron chi connectivity index (χ3n) is 6.97. The summed E-state index contributed by atoms with van der Waals surface area (Å²) in [6, 6.07) is 3.03. The maximum atomic E-state index is 13.6. The van der Waals surface area contributed by atoms with Gasteiger partial charge in [-0.3, -0.25) is 19.4 Å². The van der Waals surface area contributed by atoms with E-state index >= 15 is 0 Å². The number of nitrogens with one attached hydrogen (secondary N) is 5. The number of aromatic nitrogens is 3. The SMILES string of the molecule is CC(C)CC(N)C(=O)NC(Cc1cnc[nH]1)C(=O)NC(CCCN=C(N)N)C(=O)NC(Cc1c[nH]c2ccccc12)C(=O)O. The predicted octanol–water partition coefficient (Wildman–Crippen LogP) is -0.358. The van der Waals surface area contributed by atoms with Crippen molar-refractivity contribution in [3.05, 3.63) is 54.2 Å². The van der Waals surface area contributed by atoms with Gasteiger partial charge in [-0.25, -0.2) is 9.78 Å². The second-order valence-electron chi connectivity index (χ2n) is 11.1. The second kappa shape index (κ2) is 16.1. The number of H-pyrrole nitrogens is 2. The minimum absolute atomic E-state index is 0.00595. The lowest BCUT2D eigenvalue weighted by atomic mass is 10.0. The Morgan fingerprint density at radius 2 is 1.64 bits per heavy atom. The minimum Gasteiger partial charge on any atom is -0.480 e. The Balaban J connectivity index is 1.79. The molecule has 0 aliphatic rings. The molecule has 12 N–H and O–H groups in total. The molecule has 2 aromatic heterocycles. The van der Waals surface area contributed by atoms with E-state index in [4.69, 9.17) is 17.2 Å². The lowest BCUT2D eigenvalue weighted by Crippen LogP contribution is -2.58. The van der Waals surface area contributed by atoms with Crippen molar-refractivity contribution in [1.82, 2.24) is 30.9 Å². The third-order valence-corrected chi connectivity index (χ3v) is 6.97. The summed E-state index contributed by atoms with van der Waals surface area (Å²) in [4.78, 5) is 66.0. The Kier molecular flexibility index (Phi) is 12.3. The number of carbonyl (C=O) groups excluding carboxylic acids is 3. The Hall–Kier alpha value is -4.92. The zero-order chi connectivity index (χ0) is 32.2.